The van der Waals surface area contributed by atoms with Crippen molar-refractivity contribution in [1.82, 2.24) is 3.53 Å². The molecule has 2 fully saturated rings. The van der Waals surface area contributed by atoms with Gasteiger partial charge >= 0.3 is 144 Å². The van der Waals surface area contributed by atoms with Gasteiger partial charge in [-0.2, -0.15) is 0 Å². The zero-order valence-corrected chi connectivity index (χ0v) is 16.0. The first kappa shape index (κ1) is 16.7. The van der Waals surface area contributed by atoms with E-state index in [1.54, 1.807) is 0 Å². The summed E-state index contributed by atoms with van der Waals surface area (Å²) in [6, 6.07) is 0. The summed E-state index contributed by atoms with van der Waals surface area (Å²) in [6.07, 6.45) is 5.17. The van der Waals surface area contributed by atoms with Gasteiger partial charge in [0.1, 0.15) is 0 Å². The molecule has 0 radical (unpaired) electrons. The molecule has 1 saturated heterocycles. The standard InChI is InChI=1S/C13H20I2NO4/c1-12(6-4-3-5-7-12)20-9(17)8-19-11(18)13(2,14)10-15-16-10/h10,16H,3-8H2,1-2H3/q-1. The van der Waals surface area contributed by atoms with Crippen molar-refractivity contribution in [2.24, 2.45) is 0 Å². The van der Waals surface area contributed by atoms with Gasteiger partial charge in [-0.3, -0.25) is 0 Å². The predicted octanol–water partition coefficient (Wildman–Crippen LogP) is -1.08. The van der Waals surface area contributed by atoms with Crippen LogP contribution in [0.5, 0.6) is 0 Å². The van der Waals surface area contributed by atoms with Crippen molar-refractivity contribution >= 4 is 34.5 Å². The molecule has 2 unspecified atom stereocenters. The maximum absolute atomic E-state index is 12.0. The molecule has 0 amide bonds. The molecule has 1 N–H and O–H groups in total. The van der Waals surface area contributed by atoms with E-state index in [2.05, 4.69) is 26.1 Å². The van der Waals surface area contributed by atoms with Crippen molar-refractivity contribution < 1.29 is 40.5 Å². The van der Waals surface area contributed by atoms with Crippen molar-refractivity contribution in [3.8, 4) is 0 Å². The number of ether oxygens (including phenoxy) is 2. The Bertz CT molecular complexity index is 390. The Hall–Kier alpha value is 0.360. The van der Waals surface area contributed by atoms with E-state index in [4.69, 9.17) is 9.47 Å². The molecule has 1 aliphatic heterocycles. The molecule has 116 valence electrons. The van der Waals surface area contributed by atoms with E-state index in [1.807, 2.05) is 13.8 Å². The summed E-state index contributed by atoms with van der Waals surface area (Å²) in [5.41, 5.74) is -0.376. The van der Waals surface area contributed by atoms with Crippen LogP contribution in [0.2, 0.25) is 0 Å². The van der Waals surface area contributed by atoms with Gasteiger partial charge in [-0.1, -0.05) is 0 Å². The average Bonchev–Trinajstić information content (AvgIpc) is 3.20. The molecule has 0 bridgehead atoms. The van der Waals surface area contributed by atoms with Crippen molar-refractivity contribution in [2.75, 3.05) is 6.61 Å². The third-order valence-corrected chi connectivity index (χ3v) is 8.43. The Kier molecular flexibility index (Phi) is 5.55. The topological polar surface area (TPSA) is 74.5 Å². The number of hydrogen-bond acceptors (Lipinski definition) is 5. The van der Waals surface area contributed by atoms with E-state index in [9.17, 15) is 9.59 Å². The van der Waals surface area contributed by atoms with Gasteiger partial charge in [0.25, 0.3) is 0 Å². The van der Waals surface area contributed by atoms with Crippen LogP contribution in [-0.4, -0.2) is 31.6 Å². The van der Waals surface area contributed by atoms with Crippen LogP contribution in [-0.2, 0) is 19.1 Å². The monoisotopic (exact) mass is 508 g/mol. The van der Waals surface area contributed by atoms with Crippen LogP contribution in [0.1, 0.15) is 46.0 Å². The van der Waals surface area contributed by atoms with Crippen LogP contribution in [0.15, 0.2) is 0 Å². The third-order valence-electron chi connectivity index (χ3n) is 3.69. The molecule has 7 heteroatoms. The molecule has 2 atom stereocenters. The van der Waals surface area contributed by atoms with Crippen LogP contribution in [0.4, 0.5) is 0 Å². The minimum absolute atomic E-state index is 0.0740. The molecular weight excluding hydrogens is 488 g/mol. The fourth-order valence-corrected chi connectivity index (χ4v) is 5.65. The minimum atomic E-state index is -0.569. The van der Waals surface area contributed by atoms with E-state index >= 15 is 0 Å². The molecule has 2 rings (SSSR count). The van der Waals surface area contributed by atoms with Gasteiger partial charge in [0.15, 0.2) is 0 Å². The molecule has 0 aromatic carbocycles. The first-order chi connectivity index (χ1) is 9.33. The Morgan fingerprint density at radius 2 is 2.00 bits per heavy atom. The molecule has 5 nitrogen and oxygen atoms in total. The summed E-state index contributed by atoms with van der Waals surface area (Å²) >= 11 is 2.02. The number of halogens is 2. The van der Waals surface area contributed by atoms with Crippen LogP contribution in [0.25, 0.3) is 0 Å². The Balaban J connectivity index is 1.76. The fraction of sp³-hybridized carbons (Fsp3) is 0.846. The van der Waals surface area contributed by atoms with Gasteiger partial charge in [-0.15, -0.1) is 0 Å². The summed E-state index contributed by atoms with van der Waals surface area (Å²) in [5.74, 6) is -0.771. The molecule has 1 heterocycles. The summed E-state index contributed by atoms with van der Waals surface area (Å²) in [5, 5.41) is 0. The summed E-state index contributed by atoms with van der Waals surface area (Å²) in [7, 11) is 0. The zero-order valence-electron chi connectivity index (χ0n) is 11.7. The van der Waals surface area contributed by atoms with Gasteiger partial charge in [0.05, 0.1) is 0 Å². The predicted molar refractivity (Wildman–Crippen MR) is 77.9 cm³/mol. The first-order valence-corrected chi connectivity index (χ1v) is 10.2. The van der Waals surface area contributed by atoms with Gasteiger partial charge in [-0.05, 0) is 0 Å². The summed E-state index contributed by atoms with van der Waals surface area (Å²) < 4.78 is 13.5. The first-order valence-electron chi connectivity index (χ1n) is 6.79. The number of carbonyl (C=O) groups excluding carboxylic acids is 2. The van der Waals surface area contributed by atoms with Crippen molar-refractivity contribution in [3.05, 3.63) is 0 Å². The number of alkyl halides is 2. The van der Waals surface area contributed by atoms with Crippen LogP contribution < -0.4 is 25.0 Å². The zero-order chi connectivity index (χ0) is 14.8. The molecule has 0 aromatic rings. The SMILES string of the molecule is CC1(OC(=O)COC(=O)C(C)(I)C2N[I-]2)CCCCC1. The summed E-state index contributed by atoms with van der Waals surface area (Å²) in [6.45, 7) is 3.53. The van der Waals surface area contributed by atoms with Gasteiger partial charge in [-0.25, -0.2) is 0 Å². The maximum atomic E-state index is 12.0. The molecular formula is C13H20I2NO4-. The molecule has 1 aliphatic carbocycles. The number of rotatable bonds is 5. The van der Waals surface area contributed by atoms with Crippen molar-refractivity contribution in [2.45, 2.75) is 59.0 Å². The van der Waals surface area contributed by atoms with Crippen LogP contribution in [0, 0.1) is 0 Å². The second kappa shape index (κ2) is 6.64. The normalized spacial score (nSPS) is 27.6. The second-order valence-electron chi connectivity index (χ2n) is 5.72. The number of esters is 2. The fourth-order valence-electron chi connectivity index (χ4n) is 2.31. The Morgan fingerprint density at radius 1 is 1.40 bits per heavy atom. The molecule has 0 spiro atoms. The molecule has 2 aliphatic rings. The van der Waals surface area contributed by atoms with Crippen molar-refractivity contribution in [1.29, 1.82) is 0 Å². The average molecular weight is 508 g/mol. The number of carbonyl (C=O) groups is 2. The number of hydrogen-bond donors (Lipinski definition) is 1. The molecule has 1 saturated carbocycles. The molecule has 20 heavy (non-hydrogen) atoms. The summed E-state index contributed by atoms with van der Waals surface area (Å²) in [4.78, 5) is 23.8. The van der Waals surface area contributed by atoms with Crippen molar-refractivity contribution in [3.63, 3.8) is 0 Å². The van der Waals surface area contributed by atoms with Crippen LogP contribution >= 0.6 is 22.6 Å². The number of nitrogens with one attached hydrogen (secondary N) is 1. The van der Waals surface area contributed by atoms with E-state index in [-0.39, 0.29) is 43.7 Å². The third kappa shape index (κ3) is 4.43. The van der Waals surface area contributed by atoms with E-state index in [1.165, 1.54) is 6.42 Å². The molecule has 0 aromatic heterocycles. The quantitative estimate of drug-likeness (QED) is 0.128. The van der Waals surface area contributed by atoms with Crippen LogP contribution in [0.3, 0.4) is 0 Å². The van der Waals surface area contributed by atoms with Gasteiger partial charge < -0.3 is 0 Å². The Labute approximate surface area is 143 Å². The Morgan fingerprint density at radius 3 is 2.55 bits per heavy atom. The van der Waals surface area contributed by atoms with E-state index in [0.717, 1.165) is 25.7 Å². The van der Waals surface area contributed by atoms with Gasteiger partial charge in [0, 0.05) is 0 Å². The van der Waals surface area contributed by atoms with E-state index in [0.29, 0.717) is 0 Å². The van der Waals surface area contributed by atoms with Gasteiger partial charge in [0.2, 0.25) is 0 Å². The second-order valence-corrected chi connectivity index (χ2v) is 10.4. The van der Waals surface area contributed by atoms with E-state index < -0.39 is 9.39 Å².